The summed E-state index contributed by atoms with van der Waals surface area (Å²) in [6, 6.07) is 15.8. The summed E-state index contributed by atoms with van der Waals surface area (Å²) >= 11 is 0. The summed E-state index contributed by atoms with van der Waals surface area (Å²) in [5, 5.41) is 10.9. The van der Waals surface area contributed by atoms with Crippen molar-refractivity contribution >= 4 is 17.3 Å². The van der Waals surface area contributed by atoms with E-state index in [0.29, 0.717) is 33.9 Å². The molecule has 0 fully saturated rings. The number of para-hydroxylation sites is 1. The number of phenolic OH excluding ortho intramolecular Hbond substituents is 1. The third kappa shape index (κ3) is 2.55. The van der Waals surface area contributed by atoms with Crippen LogP contribution in [0.5, 0.6) is 17.2 Å². The van der Waals surface area contributed by atoms with Crippen LogP contribution in [0.3, 0.4) is 0 Å². The van der Waals surface area contributed by atoms with Crippen LogP contribution in [-0.2, 0) is 0 Å². The zero-order valence-electron chi connectivity index (χ0n) is 15.8. The van der Waals surface area contributed by atoms with Gasteiger partial charge in [-0.05, 0) is 19.1 Å². The number of carbonyl (C=O) groups is 2. The highest BCUT2D eigenvalue weighted by Gasteiger charge is 2.37. The summed E-state index contributed by atoms with van der Waals surface area (Å²) in [5.74, 6) is 0.0395. The number of ketones is 2. The van der Waals surface area contributed by atoms with Crippen molar-refractivity contribution in [3.05, 3.63) is 82.4 Å². The maximum Gasteiger partial charge on any atom is 0.198 e. The number of nitrogens with zero attached hydrogens (tertiary/aromatic N) is 1. The summed E-state index contributed by atoms with van der Waals surface area (Å²) in [7, 11) is 3.56. The minimum absolute atomic E-state index is 0.0327. The van der Waals surface area contributed by atoms with Crippen LogP contribution in [-0.4, -0.2) is 30.8 Å². The van der Waals surface area contributed by atoms with Gasteiger partial charge >= 0.3 is 0 Å². The molecule has 0 heterocycles. The topological polar surface area (TPSA) is 66.8 Å². The van der Waals surface area contributed by atoms with Gasteiger partial charge in [0.15, 0.2) is 17.3 Å². The molecule has 0 atom stereocenters. The first-order chi connectivity index (χ1) is 13.4. The van der Waals surface area contributed by atoms with E-state index in [1.807, 2.05) is 18.2 Å². The molecule has 0 saturated heterocycles. The van der Waals surface area contributed by atoms with E-state index in [0.717, 1.165) is 0 Å². The summed E-state index contributed by atoms with van der Waals surface area (Å²) in [6.07, 6.45) is 0. The van der Waals surface area contributed by atoms with Crippen LogP contribution in [0.2, 0.25) is 0 Å². The summed E-state index contributed by atoms with van der Waals surface area (Å²) in [6.45, 7) is 1.68. The van der Waals surface area contributed by atoms with Gasteiger partial charge < -0.3 is 14.7 Å². The number of aromatic hydroxyl groups is 1. The molecule has 0 aliphatic heterocycles. The summed E-state index contributed by atoms with van der Waals surface area (Å²) < 4.78 is 6.05. The molecule has 5 heteroatoms. The average Bonchev–Trinajstić information content (AvgIpc) is 2.70. The standard InChI is InChI=1S/C23H19NO4/c1-13-20(25)18-17(21(26)15-11-7-8-12-16(15)22(18)27)19(24(2)3)23(13)28-14-9-5-4-6-10-14/h4-12,25H,1-3H3. The Kier molecular flexibility index (Phi) is 4.15. The number of phenols is 1. The van der Waals surface area contributed by atoms with Crippen molar-refractivity contribution in [1.82, 2.24) is 0 Å². The molecular formula is C23H19NO4. The van der Waals surface area contributed by atoms with Crippen LogP contribution in [0.1, 0.15) is 37.4 Å². The van der Waals surface area contributed by atoms with E-state index in [1.54, 1.807) is 62.3 Å². The smallest absolute Gasteiger partial charge is 0.198 e. The predicted octanol–water partition coefficient (Wildman–Crippen LogP) is 4.33. The molecule has 1 N–H and O–H groups in total. The largest absolute Gasteiger partial charge is 0.507 e. The molecule has 0 unspecified atom stereocenters. The molecule has 28 heavy (non-hydrogen) atoms. The Balaban J connectivity index is 2.03. The van der Waals surface area contributed by atoms with Crippen molar-refractivity contribution < 1.29 is 19.4 Å². The zero-order valence-corrected chi connectivity index (χ0v) is 15.8. The Hall–Kier alpha value is -3.60. The highest BCUT2D eigenvalue weighted by Crippen LogP contribution is 2.48. The number of ether oxygens (including phenoxy) is 1. The lowest BCUT2D eigenvalue weighted by Gasteiger charge is -2.28. The molecular weight excluding hydrogens is 354 g/mol. The average molecular weight is 373 g/mol. The first kappa shape index (κ1) is 17.8. The molecule has 0 radical (unpaired) electrons. The lowest BCUT2D eigenvalue weighted by Crippen LogP contribution is -2.25. The second kappa shape index (κ2) is 6.53. The number of hydrogen-bond acceptors (Lipinski definition) is 5. The van der Waals surface area contributed by atoms with Crippen molar-refractivity contribution in [3.63, 3.8) is 0 Å². The number of anilines is 1. The maximum absolute atomic E-state index is 13.3. The van der Waals surface area contributed by atoms with Crippen LogP contribution in [0.4, 0.5) is 5.69 Å². The van der Waals surface area contributed by atoms with Gasteiger partial charge in [0.1, 0.15) is 11.5 Å². The van der Waals surface area contributed by atoms with Crippen LogP contribution < -0.4 is 9.64 Å². The molecule has 0 aromatic heterocycles. The minimum atomic E-state index is -0.361. The summed E-state index contributed by atoms with van der Waals surface area (Å²) in [4.78, 5) is 28.1. The molecule has 0 amide bonds. The monoisotopic (exact) mass is 373 g/mol. The molecule has 4 rings (SSSR count). The fourth-order valence-electron chi connectivity index (χ4n) is 3.57. The van der Waals surface area contributed by atoms with Gasteiger partial charge in [0, 0.05) is 30.8 Å². The molecule has 5 nitrogen and oxygen atoms in total. The quantitative estimate of drug-likeness (QED) is 0.579. The number of carbonyl (C=O) groups excluding carboxylic acids is 2. The molecule has 0 spiro atoms. The fraction of sp³-hybridized carbons (Fsp3) is 0.130. The molecule has 1 aliphatic carbocycles. The molecule has 3 aromatic rings. The van der Waals surface area contributed by atoms with Gasteiger partial charge in [0.05, 0.1) is 16.8 Å². The third-order valence-electron chi connectivity index (χ3n) is 4.92. The molecule has 140 valence electrons. The van der Waals surface area contributed by atoms with E-state index in [2.05, 4.69) is 0 Å². The first-order valence-electron chi connectivity index (χ1n) is 8.90. The lowest BCUT2D eigenvalue weighted by molar-refractivity contribution is 0.0976. The van der Waals surface area contributed by atoms with Crippen LogP contribution >= 0.6 is 0 Å². The van der Waals surface area contributed by atoms with Gasteiger partial charge in [0.2, 0.25) is 0 Å². The van der Waals surface area contributed by atoms with E-state index in [-0.39, 0.29) is 28.4 Å². The third-order valence-corrected chi connectivity index (χ3v) is 4.92. The summed E-state index contributed by atoms with van der Waals surface area (Å²) in [5.41, 5.74) is 1.72. The van der Waals surface area contributed by atoms with E-state index in [1.165, 1.54) is 0 Å². The SMILES string of the molecule is Cc1c(O)c2c(c(N(C)C)c1Oc1ccccc1)C(=O)c1ccccc1C2=O. The number of fused-ring (bicyclic) bond motifs is 2. The van der Waals surface area contributed by atoms with Gasteiger partial charge in [-0.15, -0.1) is 0 Å². The fourth-order valence-corrected chi connectivity index (χ4v) is 3.57. The van der Waals surface area contributed by atoms with Gasteiger partial charge in [-0.2, -0.15) is 0 Å². The van der Waals surface area contributed by atoms with Gasteiger partial charge in [-0.1, -0.05) is 42.5 Å². The Bertz CT molecular complexity index is 1120. The van der Waals surface area contributed by atoms with Crippen molar-refractivity contribution in [2.45, 2.75) is 6.92 Å². The van der Waals surface area contributed by atoms with Crippen molar-refractivity contribution in [1.29, 1.82) is 0 Å². The number of benzene rings is 3. The molecule has 0 saturated carbocycles. The highest BCUT2D eigenvalue weighted by atomic mass is 16.5. The Morgan fingerprint density at radius 1 is 0.821 bits per heavy atom. The molecule has 3 aromatic carbocycles. The lowest BCUT2D eigenvalue weighted by atomic mass is 9.81. The second-order valence-corrected chi connectivity index (χ2v) is 6.91. The van der Waals surface area contributed by atoms with E-state index < -0.39 is 0 Å². The first-order valence-corrected chi connectivity index (χ1v) is 8.90. The Morgan fingerprint density at radius 3 is 1.93 bits per heavy atom. The van der Waals surface area contributed by atoms with Crippen LogP contribution in [0, 0.1) is 6.92 Å². The maximum atomic E-state index is 13.3. The molecule has 0 bridgehead atoms. The van der Waals surface area contributed by atoms with Crippen molar-refractivity contribution in [2.75, 3.05) is 19.0 Å². The van der Waals surface area contributed by atoms with Crippen molar-refractivity contribution in [3.8, 4) is 17.2 Å². The molecule has 1 aliphatic rings. The van der Waals surface area contributed by atoms with E-state index in [9.17, 15) is 14.7 Å². The highest BCUT2D eigenvalue weighted by molar-refractivity contribution is 6.31. The predicted molar refractivity (Wildman–Crippen MR) is 107 cm³/mol. The number of hydrogen-bond donors (Lipinski definition) is 1. The second-order valence-electron chi connectivity index (χ2n) is 6.91. The minimum Gasteiger partial charge on any atom is -0.507 e. The Labute approximate surface area is 162 Å². The van der Waals surface area contributed by atoms with Crippen molar-refractivity contribution in [2.24, 2.45) is 0 Å². The van der Waals surface area contributed by atoms with Crippen LogP contribution in [0.15, 0.2) is 54.6 Å². The number of rotatable bonds is 3. The van der Waals surface area contributed by atoms with Gasteiger partial charge in [0.25, 0.3) is 0 Å². The van der Waals surface area contributed by atoms with E-state index >= 15 is 0 Å². The zero-order chi connectivity index (χ0) is 20.0. The van der Waals surface area contributed by atoms with Gasteiger partial charge in [-0.25, -0.2) is 0 Å². The van der Waals surface area contributed by atoms with E-state index in [4.69, 9.17) is 4.74 Å². The van der Waals surface area contributed by atoms with Gasteiger partial charge in [-0.3, -0.25) is 9.59 Å². The Morgan fingerprint density at radius 2 is 1.36 bits per heavy atom. The van der Waals surface area contributed by atoms with Crippen LogP contribution in [0.25, 0.3) is 0 Å². The normalized spacial score (nSPS) is 12.4.